The molecule has 138 valence electrons. The number of hydrogen-bond acceptors (Lipinski definition) is 3. The smallest absolute Gasteiger partial charge is 0.316 e. The molecule has 1 unspecified atom stereocenters. The third-order valence-electron chi connectivity index (χ3n) is 4.47. The van der Waals surface area contributed by atoms with Gasteiger partial charge in [0.25, 0.3) is 0 Å². The molecule has 1 saturated heterocycles. The SMILES string of the molecule is CC1CCCN(CCCNC(=O)C(=O)N(C)c2ccc(F)c(F)c2)C1. The largest absolute Gasteiger partial charge is 0.348 e. The molecule has 1 atom stereocenters. The lowest BCUT2D eigenvalue weighted by Gasteiger charge is -2.30. The molecule has 1 aliphatic rings. The van der Waals surface area contributed by atoms with Crippen molar-refractivity contribution in [2.45, 2.75) is 26.2 Å². The molecule has 0 radical (unpaired) electrons. The highest BCUT2D eigenvalue weighted by Crippen LogP contribution is 2.17. The number of amides is 2. The number of carbonyl (C=O) groups excluding carboxylic acids is 2. The van der Waals surface area contributed by atoms with E-state index >= 15 is 0 Å². The van der Waals surface area contributed by atoms with Crippen molar-refractivity contribution in [1.82, 2.24) is 10.2 Å². The van der Waals surface area contributed by atoms with Crippen molar-refractivity contribution in [2.75, 3.05) is 38.1 Å². The number of nitrogens with one attached hydrogen (secondary N) is 1. The monoisotopic (exact) mass is 353 g/mol. The Morgan fingerprint density at radius 2 is 2.08 bits per heavy atom. The molecule has 2 rings (SSSR count). The van der Waals surface area contributed by atoms with Crippen LogP contribution in [0.15, 0.2) is 18.2 Å². The van der Waals surface area contributed by atoms with Crippen LogP contribution in [0.5, 0.6) is 0 Å². The predicted octanol–water partition coefficient (Wildman–Crippen LogP) is 2.17. The van der Waals surface area contributed by atoms with Gasteiger partial charge in [-0.25, -0.2) is 8.78 Å². The summed E-state index contributed by atoms with van der Waals surface area (Å²) < 4.78 is 26.2. The first-order valence-corrected chi connectivity index (χ1v) is 8.61. The lowest BCUT2D eigenvalue weighted by atomic mass is 10.0. The molecule has 1 N–H and O–H groups in total. The van der Waals surface area contributed by atoms with Crippen LogP contribution < -0.4 is 10.2 Å². The van der Waals surface area contributed by atoms with E-state index in [0.29, 0.717) is 12.5 Å². The molecule has 2 amide bonds. The van der Waals surface area contributed by atoms with E-state index in [4.69, 9.17) is 0 Å². The van der Waals surface area contributed by atoms with E-state index in [0.717, 1.165) is 43.1 Å². The van der Waals surface area contributed by atoms with E-state index in [1.807, 2.05) is 0 Å². The van der Waals surface area contributed by atoms with E-state index in [1.165, 1.54) is 26.0 Å². The topological polar surface area (TPSA) is 52.7 Å². The normalized spacial score (nSPS) is 18.0. The van der Waals surface area contributed by atoms with Gasteiger partial charge in [0.2, 0.25) is 0 Å². The molecule has 5 nitrogen and oxygen atoms in total. The maximum atomic E-state index is 13.2. The Balaban J connectivity index is 1.75. The minimum atomic E-state index is -1.06. The summed E-state index contributed by atoms with van der Waals surface area (Å²) >= 11 is 0. The van der Waals surface area contributed by atoms with Crippen molar-refractivity contribution in [2.24, 2.45) is 5.92 Å². The summed E-state index contributed by atoms with van der Waals surface area (Å²) in [4.78, 5) is 27.4. The third kappa shape index (κ3) is 5.49. The van der Waals surface area contributed by atoms with Gasteiger partial charge in [0.05, 0.1) is 0 Å². The van der Waals surface area contributed by atoms with Crippen molar-refractivity contribution in [3.8, 4) is 0 Å². The zero-order chi connectivity index (χ0) is 18.4. The average Bonchev–Trinajstić information content (AvgIpc) is 2.59. The van der Waals surface area contributed by atoms with Gasteiger partial charge in [-0.05, 0) is 50.4 Å². The molecule has 7 heteroatoms. The number of benzene rings is 1. The molecule has 1 fully saturated rings. The molecule has 0 bridgehead atoms. The molecule has 0 aromatic heterocycles. The first-order chi connectivity index (χ1) is 11.9. The van der Waals surface area contributed by atoms with Gasteiger partial charge in [0, 0.05) is 31.9 Å². The second kappa shape index (κ2) is 8.89. The minimum Gasteiger partial charge on any atom is -0.348 e. The quantitative estimate of drug-likeness (QED) is 0.652. The summed E-state index contributed by atoms with van der Waals surface area (Å²) in [7, 11) is 1.35. The highest BCUT2D eigenvalue weighted by atomic mass is 19.2. The van der Waals surface area contributed by atoms with Gasteiger partial charge in [-0.3, -0.25) is 9.59 Å². The molecule has 0 saturated carbocycles. The van der Waals surface area contributed by atoms with E-state index < -0.39 is 23.4 Å². The van der Waals surface area contributed by atoms with Gasteiger partial charge in [0.15, 0.2) is 11.6 Å². The molecular weight excluding hydrogens is 328 g/mol. The fourth-order valence-corrected chi connectivity index (χ4v) is 3.03. The van der Waals surface area contributed by atoms with Crippen molar-refractivity contribution in [3.05, 3.63) is 29.8 Å². The van der Waals surface area contributed by atoms with Crippen molar-refractivity contribution in [3.63, 3.8) is 0 Å². The highest BCUT2D eigenvalue weighted by Gasteiger charge is 2.21. The van der Waals surface area contributed by atoms with Crippen LogP contribution in [0.3, 0.4) is 0 Å². The van der Waals surface area contributed by atoms with Gasteiger partial charge >= 0.3 is 11.8 Å². The molecule has 1 aromatic carbocycles. The number of nitrogens with zero attached hydrogens (tertiary/aromatic N) is 2. The van der Waals surface area contributed by atoms with Crippen molar-refractivity contribution < 1.29 is 18.4 Å². The fraction of sp³-hybridized carbons (Fsp3) is 0.556. The van der Waals surface area contributed by atoms with Crippen molar-refractivity contribution >= 4 is 17.5 Å². The summed E-state index contributed by atoms with van der Waals surface area (Å²) in [6.07, 6.45) is 3.23. The second-order valence-corrected chi connectivity index (χ2v) is 6.62. The Labute approximate surface area is 147 Å². The Bertz CT molecular complexity index is 624. The van der Waals surface area contributed by atoms with Crippen molar-refractivity contribution in [1.29, 1.82) is 0 Å². The number of likely N-dealkylation sites (tertiary alicyclic amines) is 1. The number of likely N-dealkylation sites (N-methyl/N-ethyl adjacent to an activating group) is 1. The summed E-state index contributed by atoms with van der Waals surface area (Å²) in [5, 5.41) is 2.59. The van der Waals surface area contributed by atoms with Crippen LogP contribution >= 0.6 is 0 Å². The molecule has 1 aliphatic heterocycles. The molecule has 1 heterocycles. The van der Waals surface area contributed by atoms with Gasteiger partial charge in [-0.1, -0.05) is 6.92 Å². The summed E-state index contributed by atoms with van der Waals surface area (Å²) in [6.45, 7) is 5.68. The molecule has 25 heavy (non-hydrogen) atoms. The number of piperidine rings is 1. The number of carbonyl (C=O) groups is 2. The zero-order valence-electron chi connectivity index (χ0n) is 14.7. The maximum Gasteiger partial charge on any atom is 0.316 e. The summed E-state index contributed by atoms with van der Waals surface area (Å²) in [5.74, 6) is -2.92. The van der Waals surface area contributed by atoms with Gasteiger partial charge in [0.1, 0.15) is 0 Å². The minimum absolute atomic E-state index is 0.126. The second-order valence-electron chi connectivity index (χ2n) is 6.62. The number of hydrogen-bond donors (Lipinski definition) is 1. The molecule has 0 aliphatic carbocycles. The third-order valence-corrected chi connectivity index (χ3v) is 4.47. The Kier molecular flexibility index (Phi) is 6.87. The number of rotatable bonds is 5. The van der Waals surface area contributed by atoms with Gasteiger partial charge in [-0.2, -0.15) is 0 Å². The first-order valence-electron chi connectivity index (χ1n) is 8.61. The Morgan fingerprint density at radius 1 is 1.32 bits per heavy atom. The van der Waals surface area contributed by atoms with Gasteiger partial charge < -0.3 is 15.1 Å². The lowest BCUT2D eigenvalue weighted by molar-refractivity contribution is -0.137. The average molecular weight is 353 g/mol. The van der Waals surface area contributed by atoms with E-state index in [1.54, 1.807) is 0 Å². The van der Waals surface area contributed by atoms with Crippen LogP contribution in [-0.4, -0.2) is 49.9 Å². The predicted molar refractivity (Wildman–Crippen MR) is 92.2 cm³/mol. The van der Waals surface area contributed by atoms with Crippen LogP contribution in [0.2, 0.25) is 0 Å². The van der Waals surface area contributed by atoms with E-state index in [-0.39, 0.29) is 5.69 Å². The van der Waals surface area contributed by atoms with Crippen LogP contribution in [0.25, 0.3) is 0 Å². The fourth-order valence-electron chi connectivity index (χ4n) is 3.03. The van der Waals surface area contributed by atoms with E-state index in [9.17, 15) is 18.4 Å². The number of anilines is 1. The molecule has 1 aromatic rings. The van der Waals surface area contributed by atoms with Crippen LogP contribution in [0, 0.1) is 17.6 Å². The first kappa shape index (κ1) is 19.3. The zero-order valence-corrected chi connectivity index (χ0v) is 14.7. The Hall–Kier alpha value is -2.02. The highest BCUT2D eigenvalue weighted by molar-refractivity contribution is 6.40. The summed E-state index contributed by atoms with van der Waals surface area (Å²) in [6, 6.07) is 3.06. The van der Waals surface area contributed by atoms with E-state index in [2.05, 4.69) is 17.1 Å². The lowest BCUT2D eigenvalue weighted by Crippen LogP contribution is -2.42. The van der Waals surface area contributed by atoms with Crippen LogP contribution in [0.1, 0.15) is 26.2 Å². The molecular formula is C18H25F2N3O2. The standard InChI is InChI=1S/C18H25F2N3O2/c1-13-5-3-9-23(12-13)10-4-8-21-17(24)18(25)22(2)14-6-7-15(19)16(20)11-14/h6-7,11,13H,3-5,8-10,12H2,1-2H3,(H,21,24). The number of halogens is 2. The summed E-state index contributed by atoms with van der Waals surface area (Å²) in [5.41, 5.74) is 0.126. The van der Waals surface area contributed by atoms with Crippen LogP contribution in [-0.2, 0) is 9.59 Å². The van der Waals surface area contributed by atoms with Gasteiger partial charge in [-0.15, -0.1) is 0 Å². The van der Waals surface area contributed by atoms with Crippen LogP contribution in [0.4, 0.5) is 14.5 Å². The Morgan fingerprint density at radius 3 is 2.76 bits per heavy atom. The maximum absolute atomic E-state index is 13.2. The molecule has 0 spiro atoms.